The van der Waals surface area contributed by atoms with Gasteiger partial charge in [0.1, 0.15) is 11.6 Å². The molecule has 0 unspecified atom stereocenters. The molecule has 4 heterocycles. The first-order valence-electron chi connectivity index (χ1n) is 9.11. The van der Waals surface area contributed by atoms with Gasteiger partial charge in [-0.25, -0.2) is 23.7 Å². The Bertz CT molecular complexity index is 836. The molecule has 2 N–H and O–H groups in total. The number of halogens is 2. The second-order valence-electron chi connectivity index (χ2n) is 7.08. The number of nitrogens with zero attached hydrogens (tertiary/aromatic N) is 5. The summed E-state index contributed by atoms with van der Waals surface area (Å²) >= 11 is 0. The highest BCUT2D eigenvalue weighted by Crippen LogP contribution is 2.30. The molecule has 4 rings (SSSR count). The number of piperazine rings is 1. The highest BCUT2D eigenvalue weighted by Gasteiger charge is 2.44. The normalized spacial score (nSPS) is 21.2. The summed E-state index contributed by atoms with van der Waals surface area (Å²) in [4.78, 5) is 28.7. The molecular weight excluding hydrogens is 368 g/mol. The van der Waals surface area contributed by atoms with E-state index in [1.165, 1.54) is 17.3 Å². The molecule has 0 spiro atoms. The van der Waals surface area contributed by atoms with Crippen LogP contribution in [0.5, 0.6) is 0 Å². The minimum atomic E-state index is -2.66. The third-order valence-corrected chi connectivity index (χ3v) is 4.85. The Labute approximate surface area is 161 Å². The lowest BCUT2D eigenvalue weighted by atomic mass is 10.1. The number of rotatable bonds is 4. The Morgan fingerprint density at radius 3 is 2.57 bits per heavy atom. The smallest absolute Gasteiger partial charge is 0.282 e. The van der Waals surface area contributed by atoms with E-state index >= 15 is 0 Å². The fraction of sp³-hybridized carbons (Fsp3) is 0.444. The number of amides is 1. The SMILES string of the molecule is C[C@H]1CNCCN1c1cnc(NC(=O)c2ccc(N3CC(F)(F)C3)nc2)cn1. The van der Waals surface area contributed by atoms with Crippen molar-refractivity contribution < 1.29 is 13.6 Å². The zero-order valence-electron chi connectivity index (χ0n) is 15.4. The van der Waals surface area contributed by atoms with Crippen molar-refractivity contribution in [2.24, 2.45) is 0 Å². The van der Waals surface area contributed by atoms with Crippen LogP contribution in [0.2, 0.25) is 0 Å². The van der Waals surface area contributed by atoms with Crippen LogP contribution in [0.3, 0.4) is 0 Å². The molecule has 0 bridgehead atoms. The van der Waals surface area contributed by atoms with E-state index in [-0.39, 0.29) is 19.0 Å². The third-order valence-electron chi connectivity index (χ3n) is 4.85. The quantitative estimate of drug-likeness (QED) is 0.817. The van der Waals surface area contributed by atoms with E-state index in [0.717, 1.165) is 25.5 Å². The average Bonchev–Trinajstić information content (AvgIpc) is 2.67. The Morgan fingerprint density at radius 2 is 1.96 bits per heavy atom. The fourth-order valence-corrected chi connectivity index (χ4v) is 3.29. The van der Waals surface area contributed by atoms with E-state index < -0.39 is 5.92 Å². The lowest BCUT2D eigenvalue weighted by Crippen LogP contribution is -2.56. The fourth-order valence-electron chi connectivity index (χ4n) is 3.29. The van der Waals surface area contributed by atoms with Gasteiger partial charge in [-0.1, -0.05) is 0 Å². The van der Waals surface area contributed by atoms with Gasteiger partial charge in [0, 0.05) is 31.9 Å². The molecule has 1 amide bonds. The zero-order chi connectivity index (χ0) is 19.7. The number of nitrogens with one attached hydrogen (secondary N) is 2. The van der Waals surface area contributed by atoms with Gasteiger partial charge in [0.15, 0.2) is 5.82 Å². The number of pyridine rings is 1. The summed E-state index contributed by atoms with van der Waals surface area (Å²) in [6.07, 6.45) is 4.53. The van der Waals surface area contributed by atoms with Crippen molar-refractivity contribution in [2.75, 3.05) is 47.8 Å². The van der Waals surface area contributed by atoms with Crippen LogP contribution in [0.25, 0.3) is 0 Å². The molecule has 0 aliphatic carbocycles. The lowest BCUT2D eigenvalue weighted by molar-refractivity contribution is -0.0267. The van der Waals surface area contributed by atoms with E-state index in [1.807, 2.05) is 0 Å². The van der Waals surface area contributed by atoms with Crippen molar-refractivity contribution in [2.45, 2.75) is 18.9 Å². The second kappa shape index (κ2) is 7.27. The number of anilines is 3. The first-order valence-corrected chi connectivity index (χ1v) is 9.11. The van der Waals surface area contributed by atoms with Crippen LogP contribution in [0.15, 0.2) is 30.7 Å². The van der Waals surface area contributed by atoms with Crippen molar-refractivity contribution in [3.05, 3.63) is 36.3 Å². The average molecular weight is 389 g/mol. The van der Waals surface area contributed by atoms with Crippen molar-refractivity contribution in [1.29, 1.82) is 0 Å². The second-order valence-corrected chi connectivity index (χ2v) is 7.08. The topological polar surface area (TPSA) is 86.3 Å². The van der Waals surface area contributed by atoms with Gasteiger partial charge >= 0.3 is 0 Å². The summed E-state index contributed by atoms with van der Waals surface area (Å²) in [6.45, 7) is 4.04. The van der Waals surface area contributed by atoms with E-state index in [1.54, 1.807) is 18.3 Å². The predicted octanol–water partition coefficient (Wildman–Crippen LogP) is 1.38. The Balaban J connectivity index is 1.37. The number of carbonyl (C=O) groups is 1. The van der Waals surface area contributed by atoms with E-state index in [4.69, 9.17) is 0 Å². The molecule has 2 saturated heterocycles. The molecule has 1 atom stereocenters. The number of alkyl halides is 2. The summed E-state index contributed by atoms with van der Waals surface area (Å²) in [5.74, 6) is -1.51. The largest absolute Gasteiger partial charge is 0.350 e. The van der Waals surface area contributed by atoms with Crippen LogP contribution in [0.4, 0.5) is 26.2 Å². The predicted molar refractivity (Wildman–Crippen MR) is 101 cm³/mol. The van der Waals surface area contributed by atoms with Gasteiger partial charge in [-0.05, 0) is 19.1 Å². The van der Waals surface area contributed by atoms with Crippen molar-refractivity contribution in [3.8, 4) is 0 Å². The van der Waals surface area contributed by atoms with Crippen molar-refractivity contribution >= 4 is 23.4 Å². The molecule has 2 aliphatic heterocycles. The molecule has 10 heteroatoms. The van der Waals surface area contributed by atoms with Crippen LogP contribution in [-0.2, 0) is 0 Å². The third kappa shape index (κ3) is 3.86. The number of hydrogen-bond donors (Lipinski definition) is 2. The molecule has 2 aromatic heterocycles. The maximum Gasteiger partial charge on any atom is 0.282 e. The van der Waals surface area contributed by atoms with Crippen LogP contribution in [0, 0.1) is 0 Å². The maximum atomic E-state index is 12.9. The van der Waals surface area contributed by atoms with Gasteiger partial charge in [-0.2, -0.15) is 0 Å². The van der Waals surface area contributed by atoms with E-state index in [0.29, 0.717) is 23.2 Å². The summed E-state index contributed by atoms with van der Waals surface area (Å²) < 4.78 is 25.9. The monoisotopic (exact) mass is 389 g/mol. The molecule has 148 valence electrons. The Morgan fingerprint density at radius 1 is 1.18 bits per heavy atom. The molecule has 0 radical (unpaired) electrons. The van der Waals surface area contributed by atoms with Crippen LogP contribution in [-0.4, -0.2) is 65.5 Å². The van der Waals surface area contributed by atoms with E-state index in [2.05, 4.69) is 37.4 Å². The van der Waals surface area contributed by atoms with E-state index in [9.17, 15) is 13.6 Å². The number of aromatic nitrogens is 3. The van der Waals surface area contributed by atoms with Gasteiger partial charge in [-0.15, -0.1) is 0 Å². The van der Waals surface area contributed by atoms with Crippen molar-refractivity contribution in [3.63, 3.8) is 0 Å². The molecule has 0 saturated carbocycles. The van der Waals surface area contributed by atoms with Gasteiger partial charge in [0.25, 0.3) is 11.8 Å². The van der Waals surface area contributed by atoms with Gasteiger partial charge in [0.05, 0.1) is 31.0 Å². The summed E-state index contributed by atoms with van der Waals surface area (Å²) in [6, 6.07) is 3.43. The minimum Gasteiger partial charge on any atom is -0.350 e. The molecule has 28 heavy (non-hydrogen) atoms. The molecule has 0 aromatic carbocycles. The highest BCUT2D eigenvalue weighted by molar-refractivity contribution is 6.03. The maximum absolute atomic E-state index is 12.9. The lowest BCUT2D eigenvalue weighted by Gasteiger charge is -2.39. The number of hydrogen-bond acceptors (Lipinski definition) is 7. The first kappa shape index (κ1) is 18.5. The summed E-state index contributed by atoms with van der Waals surface area (Å²) in [5.41, 5.74) is 0.317. The summed E-state index contributed by atoms with van der Waals surface area (Å²) in [7, 11) is 0. The van der Waals surface area contributed by atoms with Gasteiger partial charge in [0.2, 0.25) is 0 Å². The zero-order valence-corrected chi connectivity index (χ0v) is 15.4. The molecule has 2 aromatic rings. The van der Waals surface area contributed by atoms with Crippen molar-refractivity contribution in [1.82, 2.24) is 20.3 Å². The standard InChI is InChI=1S/C18H21F2N7O/c1-12-6-21-4-5-27(12)16-9-22-14(8-24-16)25-17(28)13-2-3-15(23-7-13)26-10-18(19,20)11-26/h2-3,7-9,12,21H,4-6,10-11H2,1H3,(H,22,25,28)/t12-/m0/s1. The first-order chi connectivity index (χ1) is 13.4. The van der Waals surface area contributed by atoms with Crippen LogP contribution >= 0.6 is 0 Å². The van der Waals surface area contributed by atoms with Gasteiger partial charge < -0.3 is 20.4 Å². The molecular formula is C18H21F2N7O. The molecule has 2 aliphatic rings. The van der Waals surface area contributed by atoms with Crippen LogP contribution < -0.4 is 20.4 Å². The van der Waals surface area contributed by atoms with Gasteiger partial charge in [-0.3, -0.25) is 4.79 Å². The Kier molecular flexibility index (Phi) is 4.80. The molecule has 2 fully saturated rings. The highest BCUT2D eigenvalue weighted by atomic mass is 19.3. The minimum absolute atomic E-state index is 0.317. The summed E-state index contributed by atoms with van der Waals surface area (Å²) in [5, 5.41) is 5.99. The number of carbonyl (C=O) groups excluding carboxylic acids is 1. The van der Waals surface area contributed by atoms with Crippen LogP contribution in [0.1, 0.15) is 17.3 Å². The molecule has 8 nitrogen and oxygen atoms in total. The Hall–Kier alpha value is -2.88.